The highest BCUT2D eigenvalue weighted by Gasteiger charge is 2.29. The van der Waals surface area contributed by atoms with Gasteiger partial charge in [-0.1, -0.05) is 44.2 Å². The van der Waals surface area contributed by atoms with Crippen LogP contribution < -0.4 is 10.5 Å². The van der Waals surface area contributed by atoms with Crippen LogP contribution >= 0.6 is 12.4 Å². The minimum atomic E-state index is -4.29. The van der Waals surface area contributed by atoms with Crippen LogP contribution in [-0.2, 0) is 10.0 Å². The van der Waals surface area contributed by atoms with Crippen LogP contribution in [0.1, 0.15) is 36.9 Å². The minimum absolute atomic E-state index is 0. The highest BCUT2D eigenvalue weighted by molar-refractivity contribution is 7.89. The van der Waals surface area contributed by atoms with Crippen molar-refractivity contribution in [2.45, 2.75) is 30.7 Å². The Hall–Kier alpha value is -2.07. The van der Waals surface area contributed by atoms with E-state index in [-0.39, 0.29) is 19.0 Å². The Morgan fingerprint density at radius 2 is 1.70 bits per heavy atom. The average molecular weight is 418 g/mol. The maximum Gasteiger partial charge on any atom is 0.324 e. The van der Waals surface area contributed by atoms with Crippen molar-refractivity contribution in [3.8, 4) is 0 Å². The van der Waals surface area contributed by atoms with E-state index in [2.05, 4.69) is 18.6 Å². The van der Waals surface area contributed by atoms with Crippen molar-refractivity contribution in [3.63, 3.8) is 0 Å². The largest absolute Gasteiger partial charge is 0.324 e. The zero-order chi connectivity index (χ0) is 19.5. The third-order valence-corrected chi connectivity index (χ3v) is 5.40. The van der Waals surface area contributed by atoms with Crippen molar-refractivity contribution in [3.05, 3.63) is 69.5 Å². The summed E-state index contributed by atoms with van der Waals surface area (Å²) in [5.41, 5.74) is 6.75. The number of hydrogen-bond acceptors (Lipinski definition) is 5. The van der Waals surface area contributed by atoms with Gasteiger partial charge in [0.25, 0.3) is 0 Å². The quantitative estimate of drug-likeness (QED) is 0.530. The number of para-hydroxylation sites is 1. The second-order valence-corrected chi connectivity index (χ2v) is 7.86. The molecule has 2 aromatic rings. The molecule has 3 N–H and O–H groups in total. The Morgan fingerprint density at radius 3 is 2.22 bits per heavy atom. The van der Waals surface area contributed by atoms with Gasteiger partial charge in [-0.2, -0.15) is 4.39 Å². The number of halogens is 2. The van der Waals surface area contributed by atoms with Crippen molar-refractivity contribution in [1.29, 1.82) is 0 Å². The fraction of sp³-hybridized carbons (Fsp3) is 0.294. The predicted molar refractivity (Wildman–Crippen MR) is 103 cm³/mol. The van der Waals surface area contributed by atoms with Crippen LogP contribution in [0.15, 0.2) is 47.4 Å². The Labute approximate surface area is 163 Å². The number of rotatable bonds is 7. The lowest BCUT2D eigenvalue weighted by molar-refractivity contribution is -0.390. The Kier molecular flexibility index (Phi) is 7.85. The normalized spacial score (nSPS) is 12.5. The molecule has 0 aromatic heterocycles. The molecule has 0 aliphatic rings. The predicted octanol–water partition coefficient (Wildman–Crippen LogP) is 3.26. The summed E-state index contributed by atoms with van der Waals surface area (Å²) in [5, 5.41) is 11.0. The summed E-state index contributed by atoms with van der Waals surface area (Å²) in [6.45, 7) is 3.92. The number of benzene rings is 2. The molecule has 0 aliphatic carbocycles. The number of hydrogen-bond donors (Lipinski definition) is 2. The first-order valence-corrected chi connectivity index (χ1v) is 9.40. The maximum atomic E-state index is 13.6. The number of nitro benzene ring substituents is 1. The van der Waals surface area contributed by atoms with E-state index in [4.69, 9.17) is 5.73 Å². The van der Waals surface area contributed by atoms with Crippen LogP contribution in [0.25, 0.3) is 0 Å². The monoisotopic (exact) mass is 417 g/mol. The van der Waals surface area contributed by atoms with E-state index in [0.29, 0.717) is 11.5 Å². The van der Waals surface area contributed by atoms with Gasteiger partial charge in [0.15, 0.2) is 4.90 Å². The maximum absolute atomic E-state index is 13.6. The molecule has 1 unspecified atom stereocenters. The van der Waals surface area contributed by atoms with Gasteiger partial charge >= 0.3 is 5.69 Å². The van der Waals surface area contributed by atoms with Crippen molar-refractivity contribution in [2.24, 2.45) is 5.73 Å². The van der Waals surface area contributed by atoms with Gasteiger partial charge in [0.2, 0.25) is 15.8 Å². The van der Waals surface area contributed by atoms with Gasteiger partial charge in [-0.3, -0.25) is 10.1 Å². The Morgan fingerprint density at radius 1 is 1.15 bits per heavy atom. The number of nitro groups is 1. The van der Waals surface area contributed by atoms with Crippen molar-refractivity contribution >= 4 is 28.1 Å². The van der Waals surface area contributed by atoms with Crippen LogP contribution in [0, 0.1) is 15.9 Å². The van der Waals surface area contributed by atoms with E-state index in [1.165, 1.54) is 0 Å². The summed E-state index contributed by atoms with van der Waals surface area (Å²) in [6.07, 6.45) is 0. The highest BCUT2D eigenvalue weighted by atomic mass is 35.5. The summed E-state index contributed by atoms with van der Waals surface area (Å²) in [5.74, 6) is -0.862. The Balaban J connectivity index is 0.00000364. The van der Waals surface area contributed by atoms with E-state index in [1.807, 2.05) is 12.1 Å². The van der Waals surface area contributed by atoms with Gasteiger partial charge in [0.1, 0.15) is 0 Å². The summed E-state index contributed by atoms with van der Waals surface area (Å²) in [6, 6.07) is 9.68. The number of nitrogens with zero attached hydrogens (tertiary/aromatic N) is 1. The second-order valence-electron chi connectivity index (χ2n) is 6.12. The molecule has 0 radical (unpaired) electrons. The van der Waals surface area contributed by atoms with E-state index in [1.54, 1.807) is 12.1 Å². The van der Waals surface area contributed by atoms with E-state index >= 15 is 0 Å². The summed E-state index contributed by atoms with van der Waals surface area (Å²) >= 11 is 0. The molecular formula is C17H21ClFN3O4S. The van der Waals surface area contributed by atoms with Crippen LogP contribution in [0.2, 0.25) is 0 Å². The molecule has 0 heterocycles. The third kappa shape index (κ3) is 5.46. The summed E-state index contributed by atoms with van der Waals surface area (Å²) in [7, 11) is -4.29. The van der Waals surface area contributed by atoms with E-state index in [0.717, 1.165) is 23.8 Å². The van der Waals surface area contributed by atoms with Gasteiger partial charge in [-0.15, -0.1) is 12.4 Å². The van der Waals surface area contributed by atoms with Gasteiger partial charge in [-0.05, 0) is 29.2 Å². The average Bonchev–Trinajstić information content (AvgIpc) is 2.59. The molecule has 0 saturated carbocycles. The van der Waals surface area contributed by atoms with Crippen molar-refractivity contribution in [1.82, 2.24) is 4.72 Å². The first kappa shape index (κ1) is 23.0. The topological polar surface area (TPSA) is 115 Å². The molecule has 27 heavy (non-hydrogen) atoms. The second kappa shape index (κ2) is 9.23. The van der Waals surface area contributed by atoms with Gasteiger partial charge < -0.3 is 5.73 Å². The number of sulfonamides is 1. The fourth-order valence-electron chi connectivity index (χ4n) is 2.41. The SMILES string of the molecule is CC(C)c1ccc(C(N)CNS(=O)(=O)c2cccc(F)c2[N+](=O)[O-])cc1.Cl. The molecule has 0 aliphatic heterocycles. The smallest absolute Gasteiger partial charge is 0.323 e. The molecule has 2 aromatic carbocycles. The number of nitrogens with two attached hydrogens (primary N) is 1. The fourth-order valence-corrected chi connectivity index (χ4v) is 3.65. The lowest BCUT2D eigenvalue weighted by Crippen LogP contribution is -2.32. The standard InChI is InChI=1S/C17H20FN3O4S.ClH/c1-11(2)12-6-8-13(9-7-12)15(19)10-20-26(24,25)16-5-3-4-14(18)17(16)21(22)23;/h3-9,11,15,20H,10,19H2,1-2H3;1H. The Bertz CT molecular complexity index is 905. The molecule has 1 atom stereocenters. The van der Waals surface area contributed by atoms with Crippen LogP contribution in [0.3, 0.4) is 0 Å². The lowest BCUT2D eigenvalue weighted by atomic mass is 9.99. The van der Waals surface area contributed by atoms with Crippen molar-refractivity contribution in [2.75, 3.05) is 6.54 Å². The molecule has 0 fully saturated rings. The van der Waals surface area contributed by atoms with E-state index in [9.17, 15) is 22.9 Å². The zero-order valence-electron chi connectivity index (χ0n) is 14.8. The zero-order valence-corrected chi connectivity index (χ0v) is 16.4. The van der Waals surface area contributed by atoms with Gasteiger partial charge in [0.05, 0.1) is 4.92 Å². The third-order valence-electron chi connectivity index (χ3n) is 3.95. The first-order valence-electron chi connectivity index (χ1n) is 7.91. The molecule has 0 spiro atoms. The molecule has 7 nitrogen and oxygen atoms in total. The highest BCUT2D eigenvalue weighted by Crippen LogP contribution is 2.26. The van der Waals surface area contributed by atoms with Gasteiger partial charge in [-0.25, -0.2) is 13.1 Å². The first-order chi connectivity index (χ1) is 12.1. The molecule has 2 rings (SSSR count). The van der Waals surface area contributed by atoms with Crippen LogP contribution in [0.5, 0.6) is 0 Å². The lowest BCUT2D eigenvalue weighted by Gasteiger charge is -2.15. The molecular weight excluding hydrogens is 397 g/mol. The number of nitrogens with one attached hydrogen (secondary N) is 1. The summed E-state index contributed by atoms with van der Waals surface area (Å²) in [4.78, 5) is 9.19. The molecule has 0 saturated heterocycles. The molecule has 0 amide bonds. The molecule has 0 bridgehead atoms. The van der Waals surface area contributed by atoms with Crippen LogP contribution in [0.4, 0.5) is 10.1 Å². The van der Waals surface area contributed by atoms with Gasteiger partial charge in [0, 0.05) is 12.6 Å². The molecule has 10 heteroatoms. The van der Waals surface area contributed by atoms with Crippen LogP contribution in [-0.4, -0.2) is 19.9 Å². The van der Waals surface area contributed by atoms with Crippen molar-refractivity contribution < 1.29 is 17.7 Å². The summed E-state index contributed by atoms with van der Waals surface area (Å²) < 4.78 is 40.6. The molecule has 148 valence electrons. The van der Waals surface area contributed by atoms with E-state index < -0.39 is 37.4 Å². The minimum Gasteiger partial charge on any atom is -0.323 e.